The van der Waals surface area contributed by atoms with Gasteiger partial charge in [0.1, 0.15) is 0 Å². The Morgan fingerprint density at radius 3 is 1.38 bits per heavy atom. The van der Waals surface area contributed by atoms with E-state index in [2.05, 4.69) is 13.8 Å². The molecule has 0 aromatic heterocycles. The zero-order valence-electron chi connectivity index (χ0n) is 14.5. The Balaban J connectivity index is 0. The predicted molar refractivity (Wildman–Crippen MR) is 83.4 cm³/mol. The summed E-state index contributed by atoms with van der Waals surface area (Å²) >= 11 is 0. The summed E-state index contributed by atoms with van der Waals surface area (Å²) in [6.45, 7) is 9.21. The first-order valence-electron chi connectivity index (χ1n) is 8.22. The van der Waals surface area contributed by atoms with Gasteiger partial charge in [-0.05, 0) is 5.92 Å². The summed E-state index contributed by atoms with van der Waals surface area (Å²) in [5, 5.41) is 37.1. The molecule has 0 aromatic carbocycles. The summed E-state index contributed by atoms with van der Waals surface area (Å²) in [5.74, 6) is 0.842. The van der Waals surface area contributed by atoms with Crippen LogP contribution in [-0.2, 0) is 0 Å². The van der Waals surface area contributed by atoms with Crippen LogP contribution in [0.5, 0.6) is 0 Å². The molecule has 0 bridgehead atoms. The first-order valence-corrected chi connectivity index (χ1v) is 8.22. The Labute approximate surface area is 130 Å². The summed E-state index contributed by atoms with van der Waals surface area (Å²) < 4.78 is 0. The molecule has 0 fully saturated rings. The van der Waals surface area contributed by atoms with Crippen molar-refractivity contribution in [3.05, 3.63) is 0 Å². The third-order valence-electron chi connectivity index (χ3n) is 3.37. The van der Waals surface area contributed by atoms with Crippen LogP contribution in [-0.4, -0.2) is 40.6 Å². The fourth-order valence-electron chi connectivity index (χ4n) is 2.23. The molecule has 21 heavy (non-hydrogen) atoms. The summed E-state index contributed by atoms with van der Waals surface area (Å²) in [4.78, 5) is 0.361. The van der Waals surface area contributed by atoms with E-state index in [1.807, 2.05) is 0 Å². The maximum atomic E-state index is 10.1. The van der Waals surface area contributed by atoms with Crippen LogP contribution in [0.4, 0.5) is 0 Å². The van der Waals surface area contributed by atoms with Crippen LogP contribution in [0, 0.1) is 5.92 Å². The monoisotopic (exact) mass is 307 g/mol. The molecule has 5 nitrogen and oxygen atoms in total. The van der Waals surface area contributed by atoms with Crippen LogP contribution in [0.1, 0.15) is 73.1 Å². The van der Waals surface area contributed by atoms with Crippen molar-refractivity contribution in [3.63, 3.8) is 0 Å². The van der Waals surface area contributed by atoms with Gasteiger partial charge in [0.05, 0.1) is 0 Å². The van der Waals surface area contributed by atoms with E-state index < -0.39 is 18.7 Å². The lowest BCUT2D eigenvalue weighted by atomic mass is 10.0. The molecular weight excluding hydrogens is 270 g/mol. The van der Waals surface area contributed by atoms with Crippen molar-refractivity contribution in [1.82, 2.24) is 0 Å². The largest absolute Gasteiger partial charge is 0.854 e. The van der Waals surface area contributed by atoms with Gasteiger partial charge in [0.25, 0.3) is 0 Å². The average Bonchev–Trinajstić information content (AvgIpc) is 2.32. The molecule has 0 saturated carbocycles. The van der Waals surface area contributed by atoms with Gasteiger partial charge >= 0.3 is 0 Å². The van der Waals surface area contributed by atoms with Crippen LogP contribution in [0.2, 0.25) is 0 Å². The molecule has 130 valence electrons. The van der Waals surface area contributed by atoms with Crippen molar-refractivity contribution < 1.29 is 25.3 Å². The van der Waals surface area contributed by atoms with Crippen LogP contribution in [0.3, 0.4) is 0 Å². The van der Waals surface area contributed by atoms with E-state index in [0.717, 1.165) is 18.8 Å². The van der Waals surface area contributed by atoms with Crippen LogP contribution in [0.25, 0.3) is 0 Å². The molecule has 0 aromatic rings. The van der Waals surface area contributed by atoms with Gasteiger partial charge in [0.2, 0.25) is 0 Å². The molecule has 3 atom stereocenters. The lowest BCUT2D eigenvalue weighted by Crippen LogP contribution is -3.21. The fraction of sp³-hybridized carbons (Fsp3) is 1.00. The topological polar surface area (TPSA) is 88.2 Å². The molecular formula is C16H37NO4. The number of hydrogen-bond donors (Lipinski definition) is 4. The maximum Gasteiger partial charge on any atom is 0.190 e. The van der Waals surface area contributed by atoms with Gasteiger partial charge in [-0.3, -0.25) is 4.90 Å². The number of aliphatic hydroxyl groups is 3. The molecule has 0 heterocycles. The Morgan fingerprint density at radius 1 is 0.714 bits per heavy atom. The molecule has 0 amide bonds. The summed E-state index contributed by atoms with van der Waals surface area (Å²) in [6, 6.07) is 0. The number of quaternary nitrogens is 1. The minimum absolute atomic E-state index is 0.115. The second kappa shape index (κ2) is 14.7. The second-order valence-electron chi connectivity index (χ2n) is 6.18. The minimum atomic E-state index is -0.750. The SMILES string of the molecule is CC(C)CCCCCCC[O-].CC(O)[NH+](C(C)O)C(C)O. The molecule has 0 aliphatic heterocycles. The van der Waals surface area contributed by atoms with Crippen LogP contribution >= 0.6 is 0 Å². The van der Waals surface area contributed by atoms with Gasteiger partial charge in [0, 0.05) is 20.8 Å². The van der Waals surface area contributed by atoms with Gasteiger partial charge < -0.3 is 20.4 Å². The molecule has 0 saturated heterocycles. The highest BCUT2D eigenvalue weighted by Crippen LogP contribution is 2.09. The van der Waals surface area contributed by atoms with Crippen molar-refractivity contribution in [2.75, 3.05) is 6.61 Å². The molecule has 3 unspecified atom stereocenters. The molecule has 0 spiro atoms. The molecule has 0 aliphatic rings. The Kier molecular flexibility index (Phi) is 16.2. The van der Waals surface area contributed by atoms with E-state index in [1.54, 1.807) is 0 Å². The number of rotatable bonds is 10. The van der Waals surface area contributed by atoms with Gasteiger partial charge in [-0.25, -0.2) is 0 Å². The highest BCUT2D eigenvalue weighted by Gasteiger charge is 2.24. The van der Waals surface area contributed by atoms with E-state index in [9.17, 15) is 5.11 Å². The van der Waals surface area contributed by atoms with Gasteiger partial charge in [0.15, 0.2) is 18.7 Å². The fourth-order valence-corrected chi connectivity index (χ4v) is 2.23. The predicted octanol–water partition coefficient (Wildman–Crippen LogP) is 0.230. The van der Waals surface area contributed by atoms with Crippen molar-refractivity contribution in [1.29, 1.82) is 0 Å². The van der Waals surface area contributed by atoms with Crippen LogP contribution < -0.4 is 10.0 Å². The quantitative estimate of drug-likeness (QED) is 0.344. The molecule has 0 radical (unpaired) electrons. The summed E-state index contributed by atoms with van der Waals surface area (Å²) in [5.41, 5.74) is 0. The van der Waals surface area contributed by atoms with Gasteiger partial charge in [-0.15, -0.1) is 6.61 Å². The molecule has 0 aliphatic carbocycles. The lowest BCUT2D eigenvalue weighted by molar-refractivity contribution is -1.02. The van der Waals surface area contributed by atoms with E-state index in [-0.39, 0.29) is 6.61 Å². The molecule has 4 N–H and O–H groups in total. The van der Waals surface area contributed by atoms with Crippen molar-refractivity contribution in [2.45, 2.75) is 91.8 Å². The third kappa shape index (κ3) is 16.0. The minimum Gasteiger partial charge on any atom is -0.854 e. The van der Waals surface area contributed by atoms with Crippen molar-refractivity contribution in [3.8, 4) is 0 Å². The first-order chi connectivity index (χ1) is 9.73. The summed E-state index contributed by atoms with van der Waals surface area (Å²) in [7, 11) is 0. The number of hydrogen-bond acceptors (Lipinski definition) is 4. The highest BCUT2D eigenvalue weighted by molar-refractivity contribution is 4.47. The van der Waals surface area contributed by atoms with Gasteiger partial charge in [-0.2, -0.15) is 0 Å². The van der Waals surface area contributed by atoms with E-state index in [4.69, 9.17) is 15.3 Å². The first kappa shape index (κ1) is 23.1. The maximum absolute atomic E-state index is 10.1. The standard InChI is InChI=1S/C10H21O.C6H15NO3/c1-10(2)8-6-4-3-5-7-9-11;1-4(8)7(5(2)9)6(3)10/h10H,3-9H2,1-2H3;4-6,8-10H,1-3H3/q-1;/p+1. The normalized spacial score (nSPS) is 16.9. The Hall–Kier alpha value is -0.200. The molecule has 0 rings (SSSR count). The highest BCUT2D eigenvalue weighted by atomic mass is 16.4. The van der Waals surface area contributed by atoms with E-state index >= 15 is 0 Å². The smallest absolute Gasteiger partial charge is 0.190 e. The Morgan fingerprint density at radius 2 is 1.10 bits per heavy atom. The Bertz CT molecular complexity index is 189. The number of unbranched alkanes of at least 4 members (excludes halogenated alkanes) is 4. The van der Waals surface area contributed by atoms with Crippen molar-refractivity contribution >= 4 is 0 Å². The number of nitrogens with one attached hydrogen (secondary N) is 1. The molecule has 5 heteroatoms. The summed E-state index contributed by atoms with van der Waals surface area (Å²) in [6.07, 6.45) is 5.03. The third-order valence-corrected chi connectivity index (χ3v) is 3.37. The van der Waals surface area contributed by atoms with Crippen molar-refractivity contribution in [2.24, 2.45) is 5.92 Å². The van der Waals surface area contributed by atoms with Gasteiger partial charge in [-0.1, -0.05) is 52.4 Å². The lowest BCUT2D eigenvalue weighted by Gasteiger charge is -2.26. The second-order valence-corrected chi connectivity index (χ2v) is 6.18. The zero-order chi connectivity index (χ0) is 16.8. The van der Waals surface area contributed by atoms with E-state index in [1.165, 1.54) is 46.5 Å². The van der Waals surface area contributed by atoms with E-state index in [0.29, 0.717) is 4.90 Å². The number of aliphatic hydroxyl groups excluding tert-OH is 3. The zero-order valence-corrected chi connectivity index (χ0v) is 14.5. The van der Waals surface area contributed by atoms with Crippen LogP contribution in [0.15, 0.2) is 0 Å². The average molecular weight is 307 g/mol.